The lowest BCUT2D eigenvalue weighted by Gasteiger charge is -2.31. The molecule has 0 fully saturated rings. The lowest BCUT2D eigenvalue weighted by atomic mass is 9.99. The Bertz CT molecular complexity index is 409. The number of hydrogen-bond donors (Lipinski definition) is 1. The summed E-state index contributed by atoms with van der Waals surface area (Å²) in [5, 5.41) is 10.3. The Labute approximate surface area is 120 Å². The molecule has 0 aromatic carbocycles. The van der Waals surface area contributed by atoms with E-state index in [-0.39, 0.29) is 12.1 Å². The van der Waals surface area contributed by atoms with Crippen molar-refractivity contribution in [3.8, 4) is 0 Å². The van der Waals surface area contributed by atoms with Gasteiger partial charge in [-0.25, -0.2) is 4.79 Å². The maximum atomic E-state index is 12.2. The number of H-pyrrole nitrogens is 1. The molecule has 0 aliphatic heterocycles. The van der Waals surface area contributed by atoms with Crippen LogP contribution in [0.2, 0.25) is 0 Å². The molecule has 1 atom stereocenters. The van der Waals surface area contributed by atoms with Crippen LogP contribution in [-0.4, -0.2) is 45.1 Å². The Hall–Kier alpha value is -1.59. The molecule has 0 radical (unpaired) electrons. The van der Waals surface area contributed by atoms with Crippen molar-refractivity contribution in [2.75, 3.05) is 7.05 Å². The Kier molecular flexibility index (Phi) is 5.53. The Morgan fingerprint density at radius 2 is 2.10 bits per heavy atom. The van der Waals surface area contributed by atoms with Gasteiger partial charge in [0.15, 0.2) is 0 Å². The first-order chi connectivity index (χ1) is 9.19. The van der Waals surface area contributed by atoms with Crippen LogP contribution in [0.1, 0.15) is 46.7 Å². The van der Waals surface area contributed by atoms with Crippen LogP contribution in [0.15, 0.2) is 6.20 Å². The molecule has 1 rings (SSSR count). The molecule has 1 amide bonds. The third-order valence-electron chi connectivity index (χ3n) is 2.89. The molecule has 0 unspecified atom stereocenters. The first-order valence-electron chi connectivity index (χ1n) is 6.99. The van der Waals surface area contributed by atoms with E-state index in [0.717, 1.165) is 12.1 Å². The van der Waals surface area contributed by atoms with Crippen LogP contribution in [0, 0.1) is 5.92 Å². The van der Waals surface area contributed by atoms with E-state index < -0.39 is 5.60 Å². The van der Waals surface area contributed by atoms with Crippen molar-refractivity contribution >= 4 is 6.09 Å². The number of ether oxygens (including phenoxy) is 1. The lowest BCUT2D eigenvalue weighted by molar-refractivity contribution is 0.0204. The first kappa shape index (κ1) is 16.5. The van der Waals surface area contributed by atoms with Crippen molar-refractivity contribution in [3.05, 3.63) is 11.9 Å². The summed E-state index contributed by atoms with van der Waals surface area (Å²) >= 11 is 0. The summed E-state index contributed by atoms with van der Waals surface area (Å²) < 4.78 is 5.43. The van der Waals surface area contributed by atoms with Crippen LogP contribution in [0.5, 0.6) is 0 Å². The van der Waals surface area contributed by atoms with E-state index in [1.807, 2.05) is 20.8 Å². The van der Waals surface area contributed by atoms with Crippen molar-refractivity contribution in [3.63, 3.8) is 0 Å². The molecule has 6 heteroatoms. The number of rotatable bonds is 5. The number of aromatic nitrogens is 3. The molecule has 1 heterocycles. The van der Waals surface area contributed by atoms with Gasteiger partial charge in [0.1, 0.15) is 5.60 Å². The second-order valence-electron chi connectivity index (χ2n) is 6.56. The second kappa shape index (κ2) is 6.72. The zero-order valence-electron chi connectivity index (χ0n) is 13.3. The monoisotopic (exact) mass is 282 g/mol. The molecule has 0 aliphatic rings. The molecule has 20 heavy (non-hydrogen) atoms. The number of likely N-dealkylation sites (N-methyl/N-ethyl adjacent to an activating group) is 1. The van der Waals surface area contributed by atoms with Crippen LogP contribution >= 0.6 is 0 Å². The van der Waals surface area contributed by atoms with E-state index in [1.165, 1.54) is 0 Å². The van der Waals surface area contributed by atoms with Gasteiger partial charge in [0.05, 0.1) is 11.9 Å². The number of hydrogen-bond acceptors (Lipinski definition) is 4. The van der Waals surface area contributed by atoms with Crippen molar-refractivity contribution in [2.24, 2.45) is 5.92 Å². The maximum Gasteiger partial charge on any atom is 0.410 e. The Morgan fingerprint density at radius 3 is 2.55 bits per heavy atom. The third kappa shape index (κ3) is 5.59. The van der Waals surface area contributed by atoms with Crippen molar-refractivity contribution in [2.45, 2.75) is 59.1 Å². The number of aromatic amines is 1. The molecule has 1 aromatic heterocycles. The van der Waals surface area contributed by atoms with E-state index in [9.17, 15) is 4.79 Å². The average Bonchev–Trinajstić information content (AvgIpc) is 2.77. The topological polar surface area (TPSA) is 71.1 Å². The van der Waals surface area contributed by atoms with E-state index in [2.05, 4.69) is 29.3 Å². The highest BCUT2D eigenvalue weighted by Crippen LogP contribution is 2.17. The van der Waals surface area contributed by atoms with Crippen LogP contribution in [-0.2, 0) is 11.2 Å². The smallest absolute Gasteiger partial charge is 0.410 e. The van der Waals surface area contributed by atoms with Crippen molar-refractivity contribution < 1.29 is 9.53 Å². The number of carbonyl (C=O) groups is 1. The molecular formula is C14H26N4O2. The van der Waals surface area contributed by atoms with Crippen LogP contribution in [0.4, 0.5) is 4.79 Å². The molecule has 0 saturated heterocycles. The average molecular weight is 282 g/mol. The van der Waals surface area contributed by atoms with Gasteiger partial charge in [0.25, 0.3) is 0 Å². The fraction of sp³-hybridized carbons (Fsp3) is 0.786. The van der Waals surface area contributed by atoms with Gasteiger partial charge in [0.2, 0.25) is 0 Å². The third-order valence-corrected chi connectivity index (χ3v) is 2.89. The van der Waals surface area contributed by atoms with Crippen LogP contribution in [0.3, 0.4) is 0 Å². The predicted octanol–water partition coefficient (Wildman–Crippen LogP) is 2.63. The number of nitrogens with one attached hydrogen (secondary N) is 1. The van der Waals surface area contributed by atoms with Gasteiger partial charge in [-0.05, 0) is 33.1 Å². The molecule has 0 bridgehead atoms. The minimum atomic E-state index is -0.483. The Balaban J connectivity index is 2.73. The largest absolute Gasteiger partial charge is 0.444 e. The maximum absolute atomic E-state index is 12.2. The Morgan fingerprint density at radius 1 is 1.45 bits per heavy atom. The van der Waals surface area contributed by atoms with Crippen LogP contribution < -0.4 is 0 Å². The second-order valence-corrected chi connectivity index (χ2v) is 6.56. The van der Waals surface area contributed by atoms with Crippen molar-refractivity contribution in [1.82, 2.24) is 20.3 Å². The van der Waals surface area contributed by atoms with Gasteiger partial charge < -0.3 is 9.64 Å². The molecule has 0 spiro atoms. The summed E-state index contributed by atoms with van der Waals surface area (Å²) in [6.45, 7) is 9.89. The lowest BCUT2D eigenvalue weighted by Crippen LogP contribution is -2.42. The fourth-order valence-corrected chi connectivity index (χ4v) is 1.98. The van der Waals surface area contributed by atoms with Crippen molar-refractivity contribution in [1.29, 1.82) is 0 Å². The highest BCUT2D eigenvalue weighted by molar-refractivity contribution is 5.68. The standard InChI is InChI=1S/C14H26N4O2/c1-10(2)7-12(8-11-9-15-17-16-11)18(6)13(19)20-14(3,4)5/h9-10,12H,7-8H2,1-6H3,(H,15,16,17)/t12-/m0/s1. The zero-order chi connectivity index (χ0) is 15.3. The van der Waals surface area contributed by atoms with Gasteiger partial charge in [-0.2, -0.15) is 0 Å². The van der Waals surface area contributed by atoms with E-state index >= 15 is 0 Å². The van der Waals surface area contributed by atoms with Gasteiger partial charge in [-0.1, -0.05) is 19.1 Å². The zero-order valence-corrected chi connectivity index (χ0v) is 13.3. The summed E-state index contributed by atoms with van der Waals surface area (Å²) in [6, 6.07) is 0.0621. The summed E-state index contributed by atoms with van der Waals surface area (Å²) in [7, 11) is 1.78. The van der Waals surface area contributed by atoms with Gasteiger partial charge in [-0.15, -0.1) is 5.10 Å². The SMILES string of the molecule is CC(C)C[C@@H](Cc1cnn[nH]1)N(C)C(=O)OC(C)(C)C. The highest BCUT2D eigenvalue weighted by atomic mass is 16.6. The predicted molar refractivity (Wildman–Crippen MR) is 77.3 cm³/mol. The number of amides is 1. The van der Waals surface area contributed by atoms with E-state index in [4.69, 9.17) is 4.74 Å². The number of nitrogens with zero attached hydrogens (tertiary/aromatic N) is 3. The van der Waals surface area contributed by atoms with E-state index in [1.54, 1.807) is 18.1 Å². The van der Waals surface area contributed by atoms with Crippen LogP contribution in [0.25, 0.3) is 0 Å². The van der Waals surface area contributed by atoms with Gasteiger partial charge >= 0.3 is 6.09 Å². The van der Waals surface area contributed by atoms with Gasteiger partial charge in [0, 0.05) is 19.5 Å². The minimum absolute atomic E-state index is 0.0621. The minimum Gasteiger partial charge on any atom is -0.444 e. The summed E-state index contributed by atoms with van der Waals surface area (Å²) in [4.78, 5) is 13.8. The molecule has 6 nitrogen and oxygen atoms in total. The number of carbonyl (C=O) groups excluding carboxylic acids is 1. The first-order valence-corrected chi connectivity index (χ1v) is 6.99. The molecule has 0 saturated carbocycles. The summed E-state index contributed by atoms with van der Waals surface area (Å²) in [5.41, 5.74) is 0.439. The highest BCUT2D eigenvalue weighted by Gasteiger charge is 2.26. The van der Waals surface area contributed by atoms with E-state index in [0.29, 0.717) is 12.3 Å². The quantitative estimate of drug-likeness (QED) is 0.901. The fourth-order valence-electron chi connectivity index (χ4n) is 1.98. The summed E-state index contributed by atoms with van der Waals surface area (Å²) in [6.07, 6.45) is 2.99. The summed E-state index contributed by atoms with van der Waals surface area (Å²) in [5.74, 6) is 0.487. The normalized spacial score (nSPS) is 13.3. The van der Waals surface area contributed by atoms with Gasteiger partial charge in [-0.3, -0.25) is 5.10 Å². The molecule has 1 N–H and O–H groups in total. The molecular weight excluding hydrogens is 256 g/mol. The molecule has 0 aliphatic carbocycles. The molecule has 1 aromatic rings. The molecule has 114 valence electrons.